The fourth-order valence-corrected chi connectivity index (χ4v) is 3.23. The van der Waals surface area contributed by atoms with Gasteiger partial charge >= 0.3 is 0 Å². The number of carbonyl (C=O) groups excluding carboxylic acids is 1. The van der Waals surface area contributed by atoms with Crippen molar-refractivity contribution in [3.05, 3.63) is 54.1 Å². The van der Waals surface area contributed by atoms with Gasteiger partial charge in [-0.2, -0.15) is 0 Å². The summed E-state index contributed by atoms with van der Waals surface area (Å²) in [6.45, 7) is 1.44. The van der Waals surface area contributed by atoms with E-state index in [1.54, 1.807) is 54.2 Å². The van der Waals surface area contributed by atoms with Gasteiger partial charge < -0.3 is 0 Å². The monoisotopic (exact) mass is 321 g/mol. The number of ketones is 1. The molecule has 0 radical (unpaired) electrons. The molecule has 0 saturated heterocycles. The fourth-order valence-electron chi connectivity index (χ4n) is 1.77. The summed E-state index contributed by atoms with van der Waals surface area (Å²) in [5, 5.41) is 0. The van der Waals surface area contributed by atoms with Crippen molar-refractivity contribution in [3.8, 4) is 0 Å². The van der Waals surface area contributed by atoms with Crippen LogP contribution in [-0.4, -0.2) is 20.5 Å². The maximum atomic E-state index is 12.3. The number of carbonyl (C=O) groups is 1. The number of rotatable bonds is 5. The Hall–Kier alpha value is -1.79. The van der Waals surface area contributed by atoms with Crippen molar-refractivity contribution < 1.29 is 13.2 Å². The minimum Gasteiger partial charge on any atom is -0.295 e. The minimum absolute atomic E-state index is 0.111. The molecule has 0 amide bonds. The molecule has 2 rings (SSSR count). The van der Waals surface area contributed by atoms with Gasteiger partial charge in [0.15, 0.2) is 5.78 Å². The molecular formula is C15H15NO3S2. The largest absolute Gasteiger partial charge is 0.295 e. The second kappa shape index (κ2) is 6.32. The van der Waals surface area contributed by atoms with Crippen LogP contribution in [0.4, 0.5) is 5.69 Å². The highest BCUT2D eigenvalue weighted by Gasteiger charge is 2.14. The van der Waals surface area contributed by atoms with E-state index in [9.17, 15) is 13.2 Å². The lowest BCUT2D eigenvalue weighted by molar-refractivity contribution is 0.101. The third-order valence-electron chi connectivity index (χ3n) is 2.89. The molecule has 110 valence electrons. The fraction of sp³-hybridized carbons (Fsp3) is 0.133. The number of sulfonamides is 1. The van der Waals surface area contributed by atoms with Crippen LogP contribution in [-0.2, 0) is 10.0 Å². The molecule has 0 atom stereocenters. The van der Waals surface area contributed by atoms with Crippen LogP contribution >= 0.6 is 11.8 Å². The standard InChI is InChI=1S/C15H15NO3S2/c1-11(17)12-4-3-5-13(10-12)16-21(18,19)15-8-6-14(20-2)7-9-15/h3-10,16H,1-2H3. The average Bonchev–Trinajstić information content (AvgIpc) is 2.47. The van der Waals surface area contributed by atoms with Crippen molar-refractivity contribution in [3.63, 3.8) is 0 Å². The van der Waals surface area contributed by atoms with E-state index in [0.717, 1.165) is 4.90 Å². The zero-order chi connectivity index (χ0) is 15.5. The Kier molecular flexibility index (Phi) is 4.69. The number of benzene rings is 2. The van der Waals surface area contributed by atoms with E-state index < -0.39 is 10.0 Å². The highest BCUT2D eigenvalue weighted by Crippen LogP contribution is 2.20. The Balaban J connectivity index is 2.28. The SMILES string of the molecule is CSc1ccc(S(=O)(=O)Nc2cccc(C(C)=O)c2)cc1. The molecule has 2 aromatic carbocycles. The van der Waals surface area contributed by atoms with Crippen molar-refractivity contribution in [2.45, 2.75) is 16.7 Å². The van der Waals surface area contributed by atoms with Crippen LogP contribution < -0.4 is 4.72 Å². The van der Waals surface area contributed by atoms with Crippen LogP contribution in [0, 0.1) is 0 Å². The first-order chi connectivity index (χ1) is 9.92. The molecule has 0 unspecified atom stereocenters. The Bertz CT molecular complexity index is 753. The number of nitrogens with one attached hydrogen (secondary N) is 1. The molecule has 0 aliphatic heterocycles. The van der Waals surface area contributed by atoms with E-state index in [-0.39, 0.29) is 10.7 Å². The van der Waals surface area contributed by atoms with Crippen LogP contribution in [0.5, 0.6) is 0 Å². The van der Waals surface area contributed by atoms with Gasteiger partial charge in [-0.1, -0.05) is 12.1 Å². The Morgan fingerprint density at radius 1 is 1.10 bits per heavy atom. The predicted molar refractivity (Wildman–Crippen MR) is 85.5 cm³/mol. The van der Waals surface area contributed by atoms with Crippen LogP contribution in [0.25, 0.3) is 0 Å². The number of hydrogen-bond donors (Lipinski definition) is 1. The zero-order valence-electron chi connectivity index (χ0n) is 11.7. The highest BCUT2D eigenvalue weighted by molar-refractivity contribution is 7.98. The molecule has 4 nitrogen and oxygen atoms in total. The van der Waals surface area contributed by atoms with Crippen molar-refractivity contribution in [1.82, 2.24) is 0 Å². The summed E-state index contributed by atoms with van der Waals surface area (Å²) in [6.07, 6.45) is 1.93. The molecule has 2 aromatic rings. The molecule has 0 bridgehead atoms. The minimum atomic E-state index is -3.65. The summed E-state index contributed by atoms with van der Waals surface area (Å²) in [6, 6.07) is 13.1. The smallest absolute Gasteiger partial charge is 0.261 e. The molecule has 0 fully saturated rings. The van der Waals surface area contributed by atoms with Gasteiger partial charge in [0.05, 0.1) is 4.90 Å². The quantitative estimate of drug-likeness (QED) is 0.677. The van der Waals surface area contributed by atoms with Gasteiger partial charge in [0.2, 0.25) is 0 Å². The number of thioether (sulfide) groups is 1. The molecule has 1 N–H and O–H groups in total. The Morgan fingerprint density at radius 3 is 2.33 bits per heavy atom. The lowest BCUT2D eigenvalue weighted by atomic mass is 10.1. The van der Waals surface area contributed by atoms with Crippen LogP contribution in [0.1, 0.15) is 17.3 Å². The Morgan fingerprint density at radius 2 is 1.76 bits per heavy atom. The van der Waals surface area contributed by atoms with Gasteiger partial charge in [-0.15, -0.1) is 11.8 Å². The van der Waals surface area contributed by atoms with E-state index in [1.165, 1.54) is 13.0 Å². The van der Waals surface area contributed by atoms with Crippen molar-refractivity contribution >= 4 is 33.3 Å². The van der Waals surface area contributed by atoms with E-state index >= 15 is 0 Å². The first-order valence-corrected chi connectivity index (χ1v) is 8.91. The molecule has 21 heavy (non-hydrogen) atoms. The van der Waals surface area contributed by atoms with E-state index in [4.69, 9.17) is 0 Å². The van der Waals surface area contributed by atoms with E-state index in [0.29, 0.717) is 11.3 Å². The second-order valence-electron chi connectivity index (χ2n) is 4.42. The third-order valence-corrected chi connectivity index (χ3v) is 5.03. The number of hydrogen-bond acceptors (Lipinski definition) is 4. The topological polar surface area (TPSA) is 63.2 Å². The first kappa shape index (κ1) is 15.6. The van der Waals surface area contributed by atoms with E-state index in [2.05, 4.69) is 4.72 Å². The zero-order valence-corrected chi connectivity index (χ0v) is 13.3. The summed E-state index contributed by atoms with van der Waals surface area (Å²) in [5.41, 5.74) is 0.838. The van der Waals surface area contributed by atoms with Gasteiger partial charge in [-0.05, 0) is 49.6 Å². The summed E-state index contributed by atoms with van der Waals surface area (Å²) < 4.78 is 27.0. The highest BCUT2D eigenvalue weighted by atomic mass is 32.2. The lowest BCUT2D eigenvalue weighted by Crippen LogP contribution is -2.13. The van der Waals surface area contributed by atoms with Gasteiger partial charge in [0.25, 0.3) is 10.0 Å². The maximum Gasteiger partial charge on any atom is 0.261 e. The normalized spacial score (nSPS) is 11.1. The van der Waals surface area contributed by atoms with Crippen LogP contribution in [0.3, 0.4) is 0 Å². The average molecular weight is 321 g/mol. The van der Waals surface area contributed by atoms with Crippen LogP contribution in [0.15, 0.2) is 58.3 Å². The molecule has 0 aromatic heterocycles. The third kappa shape index (κ3) is 3.86. The molecular weight excluding hydrogens is 306 g/mol. The molecule has 6 heteroatoms. The number of Topliss-reactive ketones (excluding diaryl/α,β-unsaturated/α-hetero) is 1. The predicted octanol–water partition coefficient (Wildman–Crippen LogP) is 3.41. The summed E-state index contributed by atoms with van der Waals surface area (Å²) in [7, 11) is -3.65. The van der Waals surface area contributed by atoms with Crippen LogP contribution in [0.2, 0.25) is 0 Å². The lowest BCUT2D eigenvalue weighted by Gasteiger charge is -2.09. The molecule has 0 spiro atoms. The molecule has 0 saturated carbocycles. The molecule has 0 aliphatic carbocycles. The number of anilines is 1. The van der Waals surface area contributed by atoms with Gasteiger partial charge in [0.1, 0.15) is 0 Å². The van der Waals surface area contributed by atoms with E-state index in [1.807, 2.05) is 6.26 Å². The second-order valence-corrected chi connectivity index (χ2v) is 6.98. The molecule has 0 aliphatic rings. The van der Waals surface area contributed by atoms with Crippen molar-refractivity contribution in [2.24, 2.45) is 0 Å². The van der Waals surface area contributed by atoms with Gasteiger partial charge in [-0.25, -0.2) is 8.42 Å². The van der Waals surface area contributed by atoms with Crippen molar-refractivity contribution in [1.29, 1.82) is 0 Å². The Labute approximate surface area is 128 Å². The van der Waals surface area contributed by atoms with Gasteiger partial charge in [-0.3, -0.25) is 9.52 Å². The summed E-state index contributed by atoms with van der Waals surface area (Å²) >= 11 is 1.54. The summed E-state index contributed by atoms with van der Waals surface area (Å²) in [5.74, 6) is -0.111. The molecule has 0 heterocycles. The summed E-state index contributed by atoms with van der Waals surface area (Å²) in [4.78, 5) is 12.5. The van der Waals surface area contributed by atoms with Crippen molar-refractivity contribution in [2.75, 3.05) is 11.0 Å². The van der Waals surface area contributed by atoms with Gasteiger partial charge in [0, 0.05) is 16.1 Å². The maximum absolute atomic E-state index is 12.3. The first-order valence-electron chi connectivity index (χ1n) is 6.20.